The van der Waals surface area contributed by atoms with Crippen LogP contribution in [-0.4, -0.2) is 19.3 Å². The highest BCUT2D eigenvalue weighted by molar-refractivity contribution is 6.31. The Labute approximate surface area is 107 Å². The Balaban J connectivity index is 2.35. The second-order valence-electron chi connectivity index (χ2n) is 4.01. The van der Waals surface area contributed by atoms with Gasteiger partial charge >= 0.3 is 0 Å². The number of benzene rings is 1. The maximum Gasteiger partial charge on any atom is 0.0992 e. The fourth-order valence-corrected chi connectivity index (χ4v) is 1.60. The minimum Gasteiger partial charge on any atom is -0.377 e. The molecule has 0 bridgehead atoms. The third-order valence-corrected chi connectivity index (χ3v) is 2.58. The molecule has 0 aliphatic carbocycles. The molecule has 1 rings (SSSR count). The van der Waals surface area contributed by atoms with Crippen LogP contribution in [0.15, 0.2) is 18.2 Å². The van der Waals surface area contributed by atoms with Gasteiger partial charge in [-0.1, -0.05) is 17.7 Å². The van der Waals surface area contributed by atoms with Gasteiger partial charge in [0.05, 0.1) is 24.3 Å². The van der Waals surface area contributed by atoms with Crippen LogP contribution in [0.25, 0.3) is 0 Å². The van der Waals surface area contributed by atoms with Crippen LogP contribution < -0.4 is 5.32 Å². The molecule has 0 radical (unpaired) electrons. The first kappa shape index (κ1) is 14.0. The quantitative estimate of drug-likeness (QED) is 0.792. The summed E-state index contributed by atoms with van der Waals surface area (Å²) in [7, 11) is 0. The molecule has 92 valence electrons. The summed E-state index contributed by atoms with van der Waals surface area (Å²) >= 11 is 6.05. The third kappa shape index (κ3) is 5.18. The first-order chi connectivity index (χ1) is 8.13. The number of hydrogen-bond acceptors (Lipinski definition) is 3. The van der Waals surface area contributed by atoms with Gasteiger partial charge in [0.15, 0.2) is 0 Å². The molecule has 0 saturated heterocycles. The van der Waals surface area contributed by atoms with E-state index in [9.17, 15) is 0 Å². The van der Waals surface area contributed by atoms with Crippen LogP contribution in [0.4, 0.5) is 0 Å². The van der Waals surface area contributed by atoms with Gasteiger partial charge in [0.25, 0.3) is 0 Å². The molecule has 0 spiro atoms. The Morgan fingerprint density at radius 1 is 1.47 bits per heavy atom. The SMILES string of the molecule is CC(C)OCCNCc1ccc(C#N)cc1Cl. The van der Waals surface area contributed by atoms with Gasteiger partial charge in [-0.2, -0.15) is 5.26 Å². The predicted molar refractivity (Wildman–Crippen MR) is 69.0 cm³/mol. The highest BCUT2D eigenvalue weighted by Crippen LogP contribution is 2.17. The summed E-state index contributed by atoms with van der Waals surface area (Å²) in [6.07, 6.45) is 0.260. The monoisotopic (exact) mass is 252 g/mol. The van der Waals surface area contributed by atoms with Crippen molar-refractivity contribution < 1.29 is 4.74 Å². The largest absolute Gasteiger partial charge is 0.377 e. The van der Waals surface area contributed by atoms with Gasteiger partial charge in [0, 0.05) is 18.1 Å². The van der Waals surface area contributed by atoms with E-state index in [1.807, 2.05) is 19.9 Å². The standard InChI is InChI=1S/C13H17ClN2O/c1-10(2)17-6-5-16-9-12-4-3-11(8-15)7-13(12)14/h3-4,7,10,16H,5-6,9H2,1-2H3. The van der Waals surface area contributed by atoms with Gasteiger partial charge in [-0.25, -0.2) is 0 Å². The lowest BCUT2D eigenvalue weighted by Gasteiger charge is -2.09. The Morgan fingerprint density at radius 2 is 2.24 bits per heavy atom. The van der Waals surface area contributed by atoms with E-state index in [1.54, 1.807) is 12.1 Å². The molecule has 17 heavy (non-hydrogen) atoms. The van der Waals surface area contributed by atoms with Crippen LogP contribution in [0.2, 0.25) is 5.02 Å². The minimum atomic E-state index is 0.260. The second-order valence-corrected chi connectivity index (χ2v) is 4.42. The lowest BCUT2D eigenvalue weighted by Crippen LogP contribution is -2.21. The number of rotatable bonds is 6. The summed E-state index contributed by atoms with van der Waals surface area (Å²) in [5.74, 6) is 0. The summed E-state index contributed by atoms with van der Waals surface area (Å²) in [5.41, 5.74) is 1.58. The van der Waals surface area contributed by atoms with Crippen LogP contribution in [0.5, 0.6) is 0 Å². The van der Waals surface area contributed by atoms with Gasteiger partial charge < -0.3 is 10.1 Å². The number of nitrogens with one attached hydrogen (secondary N) is 1. The lowest BCUT2D eigenvalue weighted by molar-refractivity contribution is 0.0807. The van der Waals surface area contributed by atoms with Crippen molar-refractivity contribution in [3.05, 3.63) is 34.3 Å². The number of hydrogen-bond donors (Lipinski definition) is 1. The van der Waals surface area contributed by atoms with Gasteiger partial charge in [-0.15, -0.1) is 0 Å². The molecule has 1 aromatic carbocycles. The Bertz CT molecular complexity index is 399. The predicted octanol–water partition coefficient (Wildman–Crippen LogP) is 2.73. The van der Waals surface area contributed by atoms with Crippen molar-refractivity contribution in [1.82, 2.24) is 5.32 Å². The Morgan fingerprint density at radius 3 is 2.82 bits per heavy atom. The fraction of sp³-hybridized carbons (Fsp3) is 0.462. The molecular formula is C13H17ClN2O. The molecular weight excluding hydrogens is 236 g/mol. The van der Waals surface area contributed by atoms with Crippen molar-refractivity contribution in [2.24, 2.45) is 0 Å². The summed E-state index contributed by atoms with van der Waals surface area (Å²) in [6.45, 7) is 6.18. The molecule has 0 atom stereocenters. The fourth-order valence-electron chi connectivity index (χ4n) is 1.35. The van der Waals surface area contributed by atoms with E-state index in [0.29, 0.717) is 23.7 Å². The molecule has 0 aliphatic rings. The van der Waals surface area contributed by atoms with Gasteiger partial charge in [-0.3, -0.25) is 0 Å². The molecule has 0 aromatic heterocycles. The van der Waals surface area contributed by atoms with E-state index < -0.39 is 0 Å². The second kappa shape index (κ2) is 7.29. The van der Waals surface area contributed by atoms with E-state index in [-0.39, 0.29) is 6.10 Å². The van der Waals surface area contributed by atoms with Gasteiger partial charge in [-0.05, 0) is 31.5 Å². The minimum absolute atomic E-state index is 0.260. The first-order valence-electron chi connectivity index (χ1n) is 5.64. The zero-order chi connectivity index (χ0) is 12.7. The molecule has 1 aromatic rings. The van der Waals surface area contributed by atoms with Crippen LogP contribution in [-0.2, 0) is 11.3 Å². The van der Waals surface area contributed by atoms with Crippen molar-refractivity contribution in [2.75, 3.05) is 13.2 Å². The summed E-state index contributed by atoms with van der Waals surface area (Å²) in [4.78, 5) is 0. The maximum atomic E-state index is 8.71. The molecule has 0 heterocycles. The smallest absolute Gasteiger partial charge is 0.0992 e. The topological polar surface area (TPSA) is 45.0 Å². The number of nitriles is 1. The van der Waals surface area contributed by atoms with E-state index in [1.165, 1.54) is 0 Å². The van der Waals surface area contributed by atoms with Gasteiger partial charge in [0.1, 0.15) is 0 Å². The molecule has 0 unspecified atom stereocenters. The average molecular weight is 253 g/mol. The molecule has 0 fully saturated rings. The van der Waals surface area contributed by atoms with Crippen LogP contribution >= 0.6 is 11.6 Å². The van der Waals surface area contributed by atoms with E-state index >= 15 is 0 Å². The van der Waals surface area contributed by atoms with Crippen LogP contribution in [0.3, 0.4) is 0 Å². The van der Waals surface area contributed by atoms with Crippen molar-refractivity contribution in [2.45, 2.75) is 26.5 Å². The molecule has 4 heteroatoms. The highest BCUT2D eigenvalue weighted by Gasteiger charge is 2.01. The molecule has 3 nitrogen and oxygen atoms in total. The first-order valence-corrected chi connectivity index (χ1v) is 6.02. The highest BCUT2D eigenvalue weighted by atomic mass is 35.5. The van der Waals surface area contributed by atoms with Crippen LogP contribution in [0, 0.1) is 11.3 Å². The van der Waals surface area contributed by atoms with E-state index in [0.717, 1.165) is 12.1 Å². The summed E-state index contributed by atoms with van der Waals surface area (Å²) in [5, 5.41) is 12.6. The summed E-state index contributed by atoms with van der Waals surface area (Å²) < 4.78 is 5.41. The zero-order valence-corrected chi connectivity index (χ0v) is 10.9. The lowest BCUT2D eigenvalue weighted by atomic mass is 10.1. The van der Waals surface area contributed by atoms with Crippen molar-refractivity contribution in [3.8, 4) is 6.07 Å². The Kier molecular flexibility index (Phi) is 5.99. The third-order valence-electron chi connectivity index (χ3n) is 2.23. The molecule has 1 N–H and O–H groups in total. The molecule has 0 amide bonds. The number of halogens is 1. The summed E-state index contributed by atoms with van der Waals surface area (Å²) in [6, 6.07) is 7.39. The van der Waals surface area contributed by atoms with E-state index in [2.05, 4.69) is 11.4 Å². The van der Waals surface area contributed by atoms with Crippen molar-refractivity contribution in [1.29, 1.82) is 5.26 Å². The number of nitrogens with zero attached hydrogens (tertiary/aromatic N) is 1. The van der Waals surface area contributed by atoms with E-state index in [4.69, 9.17) is 21.6 Å². The average Bonchev–Trinajstić information content (AvgIpc) is 2.30. The molecule has 0 aliphatic heterocycles. The Hall–Kier alpha value is -1.08. The van der Waals surface area contributed by atoms with Gasteiger partial charge in [0.2, 0.25) is 0 Å². The van der Waals surface area contributed by atoms with Crippen molar-refractivity contribution in [3.63, 3.8) is 0 Å². The van der Waals surface area contributed by atoms with Crippen molar-refractivity contribution >= 4 is 11.6 Å². The zero-order valence-electron chi connectivity index (χ0n) is 10.2. The maximum absolute atomic E-state index is 8.71. The molecule has 0 saturated carbocycles. The number of ether oxygens (including phenoxy) is 1. The normalized spacial score (nSPS) is 10.5. The van der Waals surface area contributed by atoms with Crippen LogP contribution in [0.1, 0.15) is 25.0 Å².